The second kappa shape index (κ2) is 9.60. The third kappa shape index (κ3) is 5.09. The summed E-state index contributed by atoms with van der Waals surface area (Å²) in [5, 5.41) is 7.26. The van der Waals surface area contributed by atoms with E-state index in [4.69, 9.17) is 33.3 Å². The van der Waals surface area contributed by atoms with Crippen LogP contribution < -0.4 is 14.9 Å². The van der Waals surface area contributed by atoms with Gasteiger partial charge < -0.3 is 14.9 Å². The lowest BCUT2D eigenvalue weighted by Gasteiger charge is -2.16. The van der Waals surface area contributed by atoms with Gasteiger partial charge in [-0.2, -0.15) is 5.10 Å². The average molecular weight is 502 g/mol. The van der Waals surface area contributed by atoms with Gasteiger partial charge in [0.1, 0.15) is 12.4 Å². The Hall–Kier alpha value is -2.10. The molecule has 10 heteroatoms. The highest BCUT2D eigenvalue weighted by atomic mass is 79.9. The predicted molar refractivity (Wildman–Crippen MR) is 116 cm³/mol. The molecule has 1 heterocycles. The second-order valence-electron chi connectivity index (χ2n) is 6.09. The van der Waals surface area contributed by atoms with Gasteiger partial charge in [0.05, 0.1) is 18.7 Å². The molecule has 0 unspecified atom stereocenters. The SMILES string of the molecule is CCc1n[nH]c(=S)n1NCc1cc(OC)c(OCc2ccc(F)cc2Cl)cc1Br. The molecule has 29 heavy (non-hydrogen) atoms. The Bertz CT molecular complexity index is 1070. The highest BCUT2D eigenvalue weighted by molar-refractivity contribution is 9.10. The quantitative estimate of drug-likeness (QED) is 0.405. The van der Waals surface area contributed by atoms with Crippen LogP contribution in [0.3, 0.4) is 0 Å². The number of halogens is 3. The molecule has 0 aliphatic carbocycles. The molecule has 0 saturated carbocycles. The first-order valence-electron chi connectivity index (χ1n) is 8.76. The number of H-pyrrole nitrogens is 1. The minimum atomic E-state index is -0.389. The number of methoxy groups -OCH3 is 1. The third-order valence-corrected chi connectivity index (χ3v) is 5.58. The van der Waals surface area contributed by atoms with Gasteiger partial charge in [-0.05, 0) is 42.0 Å². The van der Waals surface area contributed by atoms with E-state index in [-0.39, 0.29) is 12.4 Å². The van der Waals surface area contributed by atoms with Crippen molar-refractivity contribution < 1.29 is 13.9 Å². The normalized spacial score (nSPS) is 10.8. The van der Waals surface area contributed by atoms with E-state index in [0.29, 0.717) is 33.4 Å². The van der Waals surface area contributed by atoms with Crippen LogP contribution >= 0.6 is 39.7 Å². The molecule has 0 radical (unpaired) electrons. The number of nitrogens with zero attached hydrogens (tertiary/aromatic N) is 2. The van der Waals surface area contributed by atoms with Crippen LogP contribution in [0.1, 0.15) is 23.9 Å². The second-order valence-corrected chi connectivity index (χ2v) is 7.74. The zero-order valence-corrected chi connectivity index (χ0v) is 18.9. The molecule has 0 aliphatic rings. The molecule has 0 fully saturated rings. The Morgan fingerprint density at radius 2 is 2.07 bits per heavy atom. The number of aromatic amines is 1. The fraction of sp³-hybridized carbons (Fsp3) is 0.263. The molecule has 0 amide bonds. The molecular formula is C19H19BrClFN4O2S. The van der Waals surface area contributed by atoms with Gasteiger partial charge in [-0.25, -0.2) is 9.07 Å². The predicted octanol–water partition coefficient (Wildman–Crippen LogP) is 5.39. The van der Waals surface area contributed by atoms with Gasteiger partial charge in [-0.3, -0.25) is 5.10 Å². The summed E-state index contributed by atoms with van der Waals surface area (Å²) in [4.78, 5) is 0. The van der Waals surface area contributed by atoms with E-state index in [2.05, 4.69) is 31.6 Å². The lowest BCUT2D eigenvalue weighted by atomic mass is 10.2. The van der Waals surface area contributed by atoms with E-state index < -0.39 is 0 Å². The Balaban J connectivity index is 1.76. The van der Waals surface area contributed by atoms with Crippen molar-refractivity contribution in [3.63, 3.8) is 0 Å². The van der Waals surface area contributed by atoms with Gasteiger partial charge in [0.15, 0.2) is 17.3 Å². The van der Waals surface area contributed by atoms with E-state index in [1.54, 1.807) is 17.9 Å². The largest absolute Gasteiger partial charge is 0.493 e. The van der Waals surface area contributed by atoms with Gasteiger partial charge >= 0.3 is 0 Å². The van der Waals surface area contributed by atoms with Gasteiger partial charge in [0, 0.05) is 16.5 Å². The number of rotatable bonds is 8. The molecule has 3 rings (SSSR count). The summed E-state index contributed by atoms with van der Waals surface area (Å²) in [5.74, 6) is 1.53. The first-order chi connectivity index (χ1) is 13.9. The Morgan fingerprint density at radius 1 is 1.28 bits per heavy atom. The first kappa shape index (κ1) is 21.6. The maximum absolute atomic E-state index is 13.2. The van der Waals surface area contributed by atoms with Crippen molar-refractivity contribution in [3.05, 3.63) is 67.4 Å². The molecular weight excluding hydrogens is 483 g/mol. The Labute approximate surface area is 186 Å². The third-order valence-electron chi connectivity index (χ3n) is 4.22. The Morgan fingerprint density at radius 3 is 2.76 bits per heavy atom. The maximum Gasteiger partial charge on any atom is 0.214 e. The molecule has 2 aromatic carbocycles. The highest BCUT2D eigenvalue weighted by Crippen LogP contribution is 2.34. The minimum absolute atomic E-state index is 0.184. The molecule has 2 N–H and O–H groups in total. The summed E-state index contributed by atoms with van der Waals surface area (Å²) >= 11 is 14.9. The zero-order valence-electron chi connectivity index (χ0n) is 15.8. The maximum atomic E-state index is 13.2. The molecule has 1 aromatic heterocycles. The summed E-state index contributed by atoms with van der Waals surface area (Å²) in [6, 6.07) is 7.89. The van der Waals surface area contributed by atoms with E-state index in [9.17, 15) is 4.39 Å². The van der Waals surface area contributed by atoms with Crippen molar-refractivity contribution in [2.75, 3.05) is 12.5 Å². The van der Waals surface area contributed by atoms with Crippen LogP contribution in [0.15, 0.2) is 34.8 Å². The van der Waals surface area contributed by atoms with Crippen LogP contribution in [0, 0.1) is 10.6 Å². The molecule has 0 spiro atoms. The van der Waals surface area contributed by atoms with Crippen molar-refractivity contribution in [2.45, 2.75) is 26.5 Å². The lowest BCUT2D eigenvalue weighted by molar-refractivity contribution is 0.284. The van der Waals surface area contributed by atoms with Crippen molar-refractivity contribution >= 4 is 39.7 Å². The van der Waals surface area contributed by atoms with E-state index in [1.165, 1.54) is 12.1 Å². The van der Waals surface area contributed by atoms with Gasteiger partial charge in [0.25, 0.3) is 0 Å². The van der Waals surface area contributed by atoms with Crippen LogP contribution in [0.25, 0.3) is 0 Å². The summed E-state index contributed by atoms with van der Waals surface area (Å²) < 4.78 is 27.6. The minimum Gasteiger partial charge on any atom is -0.493 e. The summed E-state index contributed by atoms with van der Waals surface area (Å²) in [6.07, 6.45) is 0.739. The van der Waals surface area contributed by atoms with E-state index >= 15 is 0 Å². The van der Waals surface area contributed by atoms with E-state index in [1.807, 2.05) is 19.1 Å². The molecule has 6 nitrogen and oxygen atoms in total. The molecule has 154 valence electrons. The molecule has 0 saturated heterocycles. The van der Waals surface area contributed by atoms with Crippen LogP contribution in [0.2, 0.25) is 5.02 Å². The molecule has 3 aromatic rings. The van der Waals surface area contributed by atoms with Gasteiger partial charge in [0.2, 0.25) is 4.77 Å². The fourth-order valence-corrected chi connectivity index (χ4v) is 3.57. The topological polar surface area (TPSA) is 64.1 Å². The number of aromatic nitrogens is 3. The van der Waals surface area contributed by atoms with Crippen molar-refractivity contribution in [2.24, 2.45) is 0 Å². The van der Waals surface area contributed by atoms with Crippen LogP contribution in [-0.4, -0.2) is 22.0 Å². The molecule has 0 bridgehead atoms. The van der Waals surface area contributed by atoms with Gasteiger partial charge in [-0.1, -0.05) is 40.5 Å². The first-order valence-corrected chi connectivity index (χ1v) is 10.3. The van der Waals surface area contributed by atoms with E-state index in [0.717, 1.165) is 22.3 Å². The zero-order chi connectivity index (χ0) is 21.0. The number of aryl methyl sites for hydroxylation is 1. The number of hydrogen-bond donors (Lipinski definition) is 2. The summed E-state index contributed by atoms with van der Waals surface area (Å²) in [7, 11) is 1.57. The summed E-state index contributed by atoms with van der Waals surface area (Å²) in [5.41, 5.74) is 4.87. The Kier molecular flexibility index (Phi) is 7.15. The number of nitrogens with one attached hydrogen (secondary N) is 2. The van der Waals surface area contributed by atoms with Crippen molar-refractivity contribution in [1.29, 1.82) is 0 Å². The number of ether oxygens (including phenoxy) is 2. The standard InChI is InChI=1S/C19H19BrClFN4O2S/c1-3-18-24-25-19(29)26(18)23-9-12-6-16(27-2)17(8-14(12)20)28-10-11-4-5-13(22)7-15(11)21/h4-8,23H,3,9-10H2,1-2H3,(H,25,29). The highest BCUT2D eigenvalue weighted by Gasteiger charge is 2.13. The molecule has 0 atom stereocenters. The molecule has 0 aliphatic heterocycles. The van der Waals surface area contributed by atoms with Crippen LogP contribution in [0.4, 0.5) is 4.39 Å². The van der Waals surface area contributed by atoms with Crippen LogP contribution in [-0.2, 0) is 19.6 Å². The lowest BCUT2D eigenvalue weighted by Crippen LogP contribution is -2.17. The monoisotopic (exact) mass is 500 g/mol. The van der Waals surface area contributed by atoms with Gasteiger partial charge in [-0.15, -0.1) is 0 Å². The summed E-state index contributed by atoms with van der Waals surface area (Å²) in [6.45, 7) is 2.67. The number of benzene rings is 2. The smallest absolute Gasteiger partial charge is 0.214 e. The van der Waals surface area contributed by atoms with Crippen molar-refractivity contribution in [3.8, 4) is 11.5 Å². The van der Waals surface area contributed by atoms with Crippen LogP contribution in [0.5, 0.6) is 11.5 Å². The number of hydrogen-bond acceptors (Lipinski definition) is 5. The fourth-order valence-electron chi connectivity index (χ4n) is 2.67. The van der Waals surface area contributed by atoms with Crippen molar-refractivity contribution in [1.82, 2.24) is 14.9 Å². The average Bonchev–Trinajstić information content (AvgIpc) is 3.06.